The number of nitrogens with one attached hydrogen (secondary N) is 3. The molecule has 0 aliphatic carbocycles. The highest BCUT2D eigenvalue weighted by molar-refractivity contribution is 5.95. The van der Waals surface area contributed by atoms with Gasteiger partial charge in [0.25, 0.3) is 11.5 Å². The average molecular weight is 399 g/mol. The number of fused-ring (bicyclic) bond motifs is 1. The summed E-state index contributed by atoms with van der Waals surface area (Å²) >= 11 is 0. The summed E-state index contributed by atoms with van der Waals surface area (Å²) in [5, 5.41) is 12.2. The van der Waals surface area contributed by atoms with Gasteiger partial charge in [-0.3, -0.25) is 14.7 Å². The molecule has 0 saturated carbocycles. The smallest absolute Gasteiger partial charge is 0.280 e. The molecule has 0 unspecified atom stereocenters. The number of carbonyl (C=O) groups excluding carboxylic acids is 1. The van der Waals surface area contributed by atoms with Gasteiger partial charge in [0, 0.05) is 16.8 Å². The van der Waals surface area contributed by atoms with Crippen LogP contribution in [0.1, 0.15) is 11.3 Å². The van der Waals surface area contributed by atoms with E-state index in [0.29, 0.717) is 11.3 Å². The van der Waals surface area contributed by atoms with E-state index in [0.717, 1.165) is 22.1 Å². The molecule has 0 atom stereocenters. The van der Waals surface area contributed by atoms with E-state index in [1.807, 2.05) is 72.8 Å². The standard InChI is InChI=1S/C23H21N5O2/c1-16-20(23(30)28(27-16)18-10-3-2-4-11-18)14-25-26-22(29)15-24-21-13-7-9-17-8-5-6-12-19(17)21/h2-14,24,27H,15H2,1H3,(H,26,29)/b25-14+. The second kappa shape index (κ2) is 8.48. The van der Waals surface area contributed by atoms with Gasteiger partial charge >= 0.3 is 0 Å². The van der Waals surface area contributed by atoms with Gasteiger partial charge in [0.1, 0.15) is 0 Å². The normalized spacial score (nSPS) is 11.1. The number of benzene rings is 3. The number of anilines is 1. The number of rotatable bonds is 6. The molecule has 0 aliphatic heterocycles. The predicted octanol–water partition coefficient (Wildman–Crippen LogP) is 3.19. The molecule has 0 fully saturated rings. The summed E-state index contributed by atoms with van der Waals surface area (Å²) in [4.78, 5) is 24.8. The summed E-state index contributed by atoms with van der Waals surface area (Å²) in [6.45, 7) is 1.85. The first kappa shape index (κ1) is 19.2. The fourth-order valence-electron chi connectivity index (χ4n) is 3.23. The van der Waals surface area contributed by atoms with Gasteiger partial charge < -0.3 is 5.32 Å². The van der Waals surface area contributed by atoms with Gasteiger partial charge in [-0.1, -0.05) is 54.6 Å². The summed E-state index contributed by atoms with van der Waals surface area (Å²) in [5.74, 6) is -0.309. The van der Waals surface area contributed by atoms with Gasteiger partial charge in [0.2, 0.25) is 0 Å². The van der Waals surface area contributed by atoms with Crippen molar-refractivity contribution in [1.82, 2.24) is 15.2 Å². The van der Waals surface area contributed by atoms with Crippen molar-refractivity contribution in [2.45, 2.75) is 6.92 Å². The van der Waals surface area contributed by atoms with Crippen LogP contribution in [0, 0.1) is 6.92 Å². The van der Waals surface area contributed by atoms with Crippen molar-refractivity contribution in [2.75, 3.05) is 11.9 Å². The maximum atomic E-state index is 12.6. The minimum atomic E-state index is -0.309. The van der Waals surface area contributed by atoms with Crippen molar-refractivity contribution in [3.05, 3.63) is 94.4 Å². The maximum absolute atomic E-state index is 12.6. The second-order valence-electron chi connectivity index (χ2n) is 6.80. The zero-order chi connectivity index (χ0) is 20.9. The zero-order valence-corrected chi connectivity index (χ0v) is 16.4. The van der Waals surface area contributed by atoms with Crippen LogP contribution in [0.15, 0.2) is 82.7 Å². The molecule has 1 aromatic heterocycles. The molecular formula is C23H21N5O2. The number of carbonyl (C=O) groups is 1. The van der Waals surface area contributed by atoms with Gasteiger partial charge in [0.15, 0.2) is 0 Å². The monoisotopic (exact) mass is 399 g/mol. The Kier molecular flexibility index (Phi) is 5.43. The van der Waals surface area contributed by atoms with Gasteiger partial charge in [-0.2, -0.15) is 5.10 Å². The highest BCUT2D eigenvalue weighted by atomic mass is 16.2. The largest absolute Gasteiger partial charge is 0.376 e. The van der Waals surface area contributed by atoms with Crippen molar-refractivity contribution in [3.63, 3.8) is 0 Å². The summed E-state index contributed by atoms with van der Waals surface area (Å²) in [7, 11) is 0. The Morgan fingerprint density at radius 3 is 2.60 bits per heavy atom. The van der Waals surface area contributed by atoms with Gasteiger partial charge in [-0.25, -0.2) is 10.1 Å². The molecule has 0 bridgehead atoms. The van der Waals surface area contributed by atoms with E-state index in [4.69, 9.17) is 0 Å². The number of aromatic nitrogens is 2. The highest BCUT2D eigenvalue weighted by Crippen LogP contribution is 2.22. The number of nitrogens with zero attached hydrogens (tertiary/aromatic N) is 2. The first-order chi connectivity index (χ1) is 14.6. The summed E-state index contributed by atoms with van der Waals surface area (Å²) in [5.41, 5.74) is 4.89. The SMILES string of the molecule is Cc1[nH]n(-c2ccccc2)c(=O)c1/C=N/NC(=O)CNc1cccc2ccccc12. The van der Waals surface area contributed by atoms with E-state index in [1.54, 1.807) is 6.92 Å². The first-order valence-electron chi connectivity index (χ1n) is 9.54. The average Bonchev–Trinajstić information content (AvgIpc) is 3.06. The number of hydrazone groups is 1. The van der Waals surface area contributed by atoms with Crippen molar-refractivity contribution >= 4 is 28.6 Å². The third-order valence-electron chi connectivity index (χ3n) is 4.74. The third-order valence-corrected chi connectivity index (χ3v) is 4.74. The molecule has 1 amide bonds. The topological polar surface area (TPSA) is 91.3 Å². The maximum Gasteiger partial charge on any atom is 0.280 e. The van der Waals surface area contributed by atoms with Crippen LogP contribution in [0.25, 0.3) is 16.5 Å². The van der Waals surface area contributed by atoms with Crippen molar-refractivity contribution < 1.29 is 4.79 Å². The van der Waals surface area contributed by atoms with E-state index in [-0.39, 0.29) is 18.0 Å². The summed E-state index contributed by atoms with van der Waals surface area (Å²) in [6.07, 6.45) is 1.36. The molecule has 0 radical (unpaired) electrons. The van der Waals surface area contributed by atoms with Crippen LogP contribution in [0.4, 0.5) is 5.69 Å². The minimum absolute atomic E-state index is 0.0612. The molecule has 0 aliphatic rings. The number of amides is 1. The van der Waals surface area contributed by atoms with Crippen LogP contribution in [-0.4, -0.2) is 28.4 Å². The number of aromatic amines is 1. The van der Waals surface area contributed by atoms with E-state index >= 15 is 0 Å². The number of H-pyrrole nitrogens is 1. The Morgan fingerprint density at radius 1 is 1.03 bits per heavy atom. The highest BCUT2D eigenvalue weighted by Gasteiger charge is 2.10. The lowest BCUT2D eigenvalue weighted by Gasteiger charge is -2.08. The number of hydrogen-bond acceptors (Lipinski definition) is 4. The van der Waals surface area contributed by atoms with Crippen LogP contribution in [0.2, 0.25) is 0 Å². The van der Waals surface area contributed by atoms with Crippen LogP contribution < -0.4 is 16.3 Å². The number of hydrogen-bond donors (Lipinski definition) is 3. The molecule has 7 heteroatoms. The van der Waals surface area contributed by atoms with Gasteiger partial charge in [-0.05, 0) is 30.5 Å². The quantitative estimate of drug-likeness (QED) is 0.343. The molecule has 150 valence electrons. The molecule has 0 saturated heterocycles. The lowest BCUT2D eigenvalue weighted by molar-refractivity contribution is -0.119. The van der Waals surface area contributed by atoms with Crippen LogP contribution in [0.5, 0.6) is 0 Å². The fraction of sp³-hybridized carbons (Fsp3) is 0.0870. The van der Waals surface area contributed by atoms with Crippen molar-refractivity contribution in [2.24, 2.45) is 5.10 Å². The molecule has 4 aromatic rings. The molecule has 3 N–H and O–H groups in total. The number of aryl methyl sites for hydroxylation is 1. The Bertz CT molecular complexity index is 1270. The third kappa shape index (κ3) is 4.00. The predicted molar refractivity (Wildman–Crippen MR) is 119 cm³/mol. The van der Waals surface area contributed by atoms with Gasteiger partial charge in [-0.15, -0.1) is 0 Å². The van der Waals surface area contributed by atoms with Gasteiger partial charge in [0.05, 0.1) is 24.0 Å². The van der Waals surface area contributed by atoms with Crippen molar-refractivity contribution in [1.29, 1.82) is 0 Å². The van der Waals surface area contributed by atoms with E-state index in [9.17, 15) is 9.59 Å². The summed E-state index contributed by atoms with van der Waals surface area (Å²) in [6, 6.07) is 23.1. The molecule has 4 rings (SSSR count). The molecule has 30 heavy (non-hydrogen) atoms. The Hall–Kier alpha value is -4.13. The molecular weight excluding hydrogens is 378 g/mol. The summed E-state index contributed by atoms with van der Waals surface area (Å²) < 4.78 is 1.45. The fourth-order valence-corrected chi connectivity index (χ4v) is 3.23. The Balaban J connectivity index is 1.41. The molecule has 3 aromatic carbocycles. The minimum Gasteiger partial charge on any atom is -0.376 e. The lowest BCUT2D eigenvalue weighted by atomic mass is 10.1. The zero-order valence-electron chi connectivity index (χ0n) is 16.4. The second-order valence-corrected chi connectivity index (χ2v) is 6.80. The Labute approximate surface area is 173 Å². The molecule has 7 nitrogen and oxygen atoms in total. The van der Waals surface area contributed by atoms with E-state index in [2.05, 4.69) is 20.9 Å². The van der Waals surface area contributed by atoms with Crippen LogP contribution >= 0.6 is 0 Å². The first-order valence-corrected chi connectivity index (χ1v) is 9.54. The molecule has 0 spiro atoms. The van der Waals surface area contributed by atoms with Crippen LogP contribution in [0.3, 0.4) is 0 Å². The van der Waals surface area contributed by atoms with E-state index in [1.165, 1.54) is 10.9 Å². The van der Waals surface area contributed by atoms with E-state index < -0.39 is 0 Å². The van der Waals surface area contributed by atoms with Crippen LogP contribution in [-0.2, 0) is 4.79 Å². The Morgan fingerprint density at radius 2 is 1.77 bits per heavy atom. The lowest BCUT2D eigenvalue weighted by Crippen LogP contribution is -2.26. The molecule has 1 heterocycles. The van der Waals surface area contributed by atoms with Crippen molar-refractivity contribution in [3.8, 4) is 5.69 Å². The number of para-hydroxylation sites is 1.